The number of anilines is 1. The molecule has 2 aromatic carbocycles. The summed E-state index contributed by atoms with van der Waals surface area (Å²) in [5, 5.41) is 5.51. The van der Waals surface area contributed by atoms with Gasteiger partial charge in [0, 0.05) is 37.6 Å². The number of rotatable bonds is 15. The number of imidazole rings is 1. The van der Waals surface area contributed by atoms with Crippen LogP contribution < -0.4 is 15.4 Å². The Hall–Kier alpha value is -3.76. The number of aromatic nitrogens is 2. The Kier molecular flexibility index (Phi) is 10.4. The van der Waals surface area contributed by atoms with Gasteiger partial charge in [-0.3, -0.25) is 14.4 Å². The normalized spacial score (nSPS) is 10.8. The zero-order chi connectivity index (χ0) is 25.8. The molecule has 10 heteroatoms. The van der Waals surface area contributed by atoms with Gasteiger partial charge in [0.25, 0.3) is 0 Å². The molecule has 0 atom stereocenters. The van der Waals surface area contributed by atoms with E-state index in [2.05, 4.69) is 20.6 Å². The molecule has 10 nitrogen and oxygen atoms in total. The first-order chi connectivity index (χ1) is 17.4. The number of carbonyl (C=O) groups excluding carboxylic acids is 3. The number of amides is 2. The number of nitrogens with one attached hydrogen (secondary N) is 3. The summed E-state index contributed by atoms with van der Waals surface area (Å²) in [5.74, 6) is 1.12. The zero-order valence-corrected chi connectivity index (χ0v) is 20.6. The molecule has 3 rings (SSSR count). The first kappa shape index (κ1) is 26.8. The van der Waals surface area contributed by atoms with E-state index in [1.165, 1.54) is 13.8 Å². The molecule has 0 saturated heterocycles. The van der Waals surface area contributed by atoms with Crippen molar-refractivity contribution in [3.05, 3.63) is 53.9 Å². The zero-order valence-electron chi connectivity index (χ0n) is 20.6. The van der Waals surface area contributed by atoms with Crippen molar-refractivity contribution in [3.8, 4) is 5.75 Å². The van der Waals surface area contributed by atoms with Crippen molar-refractivity contribution in [1.82, 2.24) is 15.3 Å². The van der Waals surface area contributed by atoms with Crippen LogP contribution in [0.3, 0.4) is 0 Å². The Morgan fingerprint density at radius 1 is 0.917 bits per heavy atom. The van der Waals surface area contributed by atoms with Crippen LogP contribution in [0, 0.1) is 0 Å². The van der Waals surface area contributed by atoms with Crippen LogP contribution in [0.15, 0.2) is 42.5 Å². The summed E-state index contributed by atoms with van der Waals surface area (Å²) in [5.41, 5.74) is 2.72. The fourth-order valence-electron chi connectivity index (χ4n) is 3.45. The number of H-pyrrole nitrogens is 1. The van der Waals surface area contributed by atoms with Crippen LogP contribution in [-0.2, 0) is 25.5 Å². The van der Waals surface area contributed by atoms with Gasteiger partial charge in [0.05, 0.1) is 37.5 Å². The summed E-state index contributed by atoms with van der Waals surface area (Å²) < 4.78 is 16.5. The quantitative estimate of drug-likeness (QED) is 0.218. The number of ether oxygens (including phenoxy) is 3. The fourth-order valence-corrected chi connectivity index (χ4v) is 3.45. The molecule has 3 aromatic rings. The van der Waals surface area contributed by atoms with E-state index in [1.54, 1.807) is 30.3 Å². The molecule has 0 saturated carbocycles. The van der Waals surface area contributed by atoms with Gasteiger partial charge in [-0.25, -0.2) is 4.98 Å². The van der Waals surface area contributed by atoms with E-state index in [9.17, 15) is 14.4 Å². The average molecular weight is 497 g/mol. The predicted molar refractivity (Wildman–Crippen MR) is 135 cm³/mol. The van der Waals surface area contributed by atoms with Gasteiger partial charge in [0.15, 0.2) is 5.78 Å². The lowest BCUT2D eigenvalue weighted by atomic mass is 10.1. The summed E-state index contributed by atoms with van der Waals surface area (Å²) >= 11 is 0. The highest BCUT2D eigenvalue weighted by Crippen LogP contribution is 2.18. The van der Waals surface area contributed by atoms with E-state index in [0.29, 0.717) is 68.7 Å². The summed E-state index contributed by atoms with van der Waals surface area (Å²) in [7, 11) is 0. The average Bonchev–Trinajstić information content (AvgIpc) is 3.27. The number of carbonyl (C=O) groups is 3. The van der Waals surface area contributed by atoms with Gasteiger partial charge in [-0.15, -0.1) is 0 Å². The number of benzene rings is 2. The minimum atomic E-state index is -0.119. The Labute approximate surface area is 209 Å². The molecule has 0 aliphatic rings. The van der Waals surface area contributed by atoms with E-state index in [4.69, 9.17) is 14.2 Å². The molecule has 36 heavy (non-hydrogen) atoms. The maximum absolute atomic E-state index is 12.1. The second-order valence-electron chi connectivity index (χ2n) is 8.07. The Morgan fingerprint density at radius 3 is 2.36 bits per heavy atom. The van der Waals surface area contributed by atoms with Crippen LogP contribution in [0.5, 0.6) is 5.75 Å². The molecule has 2 amide bonds. The monoisotopic (exact) mass is 496 g/mol. The van der Waals surface area contributed by atoms with Crippen molar-refractivity contribution >= 4 is 34.3 Å². The third-order valence-corrected chi connectivity index (χ3v) is 5.14. The van der Waals surface area contributed by atoms with Gasteiger partial charge < -0.3 is 29.8 Å². The van der Waals surface area contributed by atoms with Gasteiger partial charge in [-0.2, -0.15) is 0 Å². The van der Waals surface area contributed by atoms with Crippen LogP contribution in [0.1, 0.15) is 36.5 Å². The summed E-state index contributed by atoms with van der Waals surface area (Å²) in [6.45, 7) is 5.43. The summed E-state index contributed by atoms with van der Waals surface area (Å²) in [4.78, 5) is 42.4. The standard InChI is InChI=1S/C26H32N4O6/c1-18(31)22-4-3-5-23-26(22)30-24(29-23)10-11-25(33)27-12-13-34-14-15-35-16-17-36-21-8-6-20(7-9-21)28-19(2)32/h3-9H,10-17H2,1-2H3,(H,27,33)(H,28,32)(H,29,30). The second kappa shape index (κ2) is 14.0. The van der Waals surface area contributed by atoms with E-state index in [-0.39, 0.29) is 24.0 Å². The largest absolute Gasteiger partial charge is 0.491 e. The van der Waals surface area contributed by atoms with E-state index in [0.717, 1.165) is 11.2 Å². The van der Waals surface area contributed by atoms with E-state index >= 15 is 0 Å². The van der Waals surface area contributed by atoms with Crippen LogP contribution >= 0.6 is 0 Å². The molecule has 192 valence electrons. The number of nitrogens with zero attached hydrogens (tertiary/aromatic N) is 1. The van der Waals surface area contributed by atoms with Gasteiger partial charge in [0.2, 0.25) is 11.8 Å². The molecule has 0 bridgehead atoms. The number of aryl methyl sites for hydroxylation is 1. The van der Waals surface area contributed by atoms with Crippen molar-refractivity contribution in [2.75, 3.05) is 44.9 Å². The highest BCUT2D eigenvalue weighted by Gasteiger charge is 2.11. The van der Waals surface area contributed by atoms with Gasteiger partial charge in [-0.1, -0.05) is 6.07 Å². The fraction of sp³-hybridized carbons (Fsp3) is 0.385. The van der Waals surface area contributed by atoms with Gasteiger partial charge in [-0.05, 0) is 43.3 Å². The lowest BCUT2D eigenvalue weighted by molar-refractivity contribution is -0.121. The molecule has 0 unspecified atom stereocenters. The van der Waals surface area contributed by atoms with E-state index < -0.39 is 0 Å². The second-order valence-corrected chi connectivity index (χ2v) is 8.07. The third kappa shape index (κ3) is 8.79. The van der Waals surface area contributed by atoms with Crippen molar-refractivity contribution in [3.63, 3.8) is 0 Å². The van der Waals surface area contributed by atoms with Crippen molar-refractivity contribution < 1.29 is 28.6 Å². The maximum atomic E-state index is 12.1. The maximum Gasteiger partial charge on any atom is 0.221 e. The SMILES string of the molecule is CC(=O)Nc1ccc(OCCOCCOCCNC(=O)CCc2nc3c(C(C)=O)cccc3[nH]2)cc1. The smallest absolute Gasteiger partial charge is 0.221 e. The number of para-hydroxylation sites is 1. The number of Topliss-reactive ketones (excluding diaryl/α,β-unsaturated/α-hetero) is 1. The molecule has 0 fully saturated rings. The topological polar surface area (TPSA) is 132 Å². The van der Waals surface area contributed by atoms with Gasteiger partial charge in [0.1, 0.15) is 18.2 Å². The van der Waals surface area contributed by atoms with Crippen LogP contribution in [-0.4, -0.2) is 67.1 Å². The number of aromatic amines is 1. The Morgan fingerprint density at radius 2 is 1.64 bits per heavy atom. The highest BCUT2D eigenvalue weighted by molar-refractivity contribution is 6.04. The molecule has 0 spiro atoms. The minimum absolute atomic E-state index is 0.0402. The van der Waals surface area contributed by atoms with Gasteiger partial charge >= 0.3 is 0 Å². The number of hydrogen-bond acceptors (Lipinski definition) is 7. The molecule has 0 radical (unpaired) electrons. The molecular formula is C26H32N4O6. The number of hydrogen-bond donors (Lipinski definition) is 3. The van der Waals surface area contributed by atoms with Crippen molar-refractivity contribution in [2.45, 2.75) is 26.7 Å². The molecule has 0 aliphatic carbocycles. The number of ketones is 1. The first-order valence-corrected chi connectivity index (χ1v) is 11.8. The van der Waals surface area contributed by atoms with Crippen LogP contribution in [0.4, 0.5) is 5.69 Å². The minimum Gasteiger partial charge on any atom is -0.491 e. The number of fused-ring (bicyclic) bond motifs is 1. The Bertz CT molecular complexity index is 1160. The van der Waals surface area contributed by atoms with E-state index in [1.807, 2.05) is 12.1 Å². The molecule has 1 aromatic heterocycles. The Balaban J connectivity index is 1.19. The van der Waals surface area contributed by atoms with Crippen molar-refractivity contribution in [2.24, 2.45) is 0 Å². The van der Waals surface area contributed by atoms with Crippen LogP contribution in [0.2, 0.25) is 0 Å². The summed E-state index contributed by atoms with van der Waals surface area (Å²) in [6.07, 6.45) is 0.738. The molecule has 1 heterocycles. The third-order valence-electron chi connectivity index (χ3n) is 5.14. The molecular weight excluding hydrogens is 464 g/mol. The predicted octanol–water partition coefficient (Wildman–Crippen LogP) is 2.88. The lowest BCUT2D eigenvalue weighted by Gasteiger charge is -2.09. The highest BCUT2D eigenvalue weighted by atomic mass is 16.5. The van der Waals surface area contributed by atoms with Crippen LogP contribution in [0.25, 0.3) is 11.0 Å². The lowest BCUT2D eigenvalue weighted by Crippen LogP contribution is -2.28. The summed E-state index contributed by atoms with van der Waals surface area (Å²) in [6, 6.07) is 12.5. The first-order valence-electron chi connectivity index (χ1n) is 11.8. The molecule has 0 aliphatic heterocycles. The molecule has 3 N–H and O–H groups in total. The van der Waals surface area contributed by atoms with Crippen molar-refractivity contribution in [1.29, 1.82) is 0 Å².